The minimum absolute atomic E-state index is 0.0156. The van der Waals surface area contributed by atoms with Crippen LogP contribution in [0, 0.1) is 5.92 Å². The topological polar surface area (TPSA) is 71.1 Å². The highest BCUT2D eigenvalue weighted by atomic mass is 32.1. The molecule has 5 nitrogen and oxygen atoms in total. The largest absolute Gasteiger partial charge is 0.351 e. The lowest BCUT2D eigenvalue weighted by molar-refractivity contribution is -0.116. The molecule has 3 rings (SSSR count). The van der Waals surface area contributed by atoms with Crippen molar-refractivity contribution in [2.75, 3.05) is 11.9 Å². The molecule has 96 valence electrons. The number of nitrogens with one attached hydrogen (secondary N) is 2. The van der Waals surface area contributed by atoms with E-state index in [0.29, 0.717) is 28.9 Å². The third-order valence-corrected chi connectivity index (χ3v) is 4.21. The fourth-order valence-electron chi connectivity index (χ4n) is 2.04. The fraction of sp³-hybridized carbons (Fsp3) is 0.583. The summed E-state index contributed by atoms with van der Waals surface area (Å²) in [4.78, 5) is 28.4. The number of fused-ring (bicyclic) bond motifs is 1. The van der Waals surface area contributed by atoms with Crippen molar-refractivity contribution >= 4 is 28.3 Å². The van der Waals surface area contributed by atoms with Gasteiger partial charge in [0.1, 0.15) is 4.88 Å². The van der Waals surface area contributed by atoms with Crippen LogP contribution >= 0.6 is 11.3 Å². The Morgan fingerprint density at radius 1 is 1.50 bits per heavy atom. The molecular weight excluding hydrogens is 250 g/mol. The highest BCUT2D eigenvalue weighted by Crippen LogP contribution is 2.33. The Labute approximate surface area is 109 Å². The van der Waals surface area contributed by atoms with Gasteiger partial charge in [0.25, 0.3) is 5.91 Å². The summed E-state index contributed by atoms with van der Waals surface area (Å²) in [5.41, 5.74) is 0.816. The molecule has 18 heavy (non-hydrogen) atoms. The molecule has 2 heterocycles. The number of rotatable bonds is 3. The van der Waals surface area contributed by atoms with Crippen LogP contribution in [0.25, 0.3) is 0 Å². The Morgan fingerprint density at radius 2 is 2.33 bits per heavy atom. The normalized spacial score (nSPS) is 18.8. The van der Waals surface area contributed by atoms with Gasteiger partial charge in [-0.1, -0.05) is 11.3 Å². The van der Waals surface area contributed by atoms with Crippen molar-refractivity contribution in [3.8, 4) is 0 Å². The molecule has 1 fully saturated rings. The Balaban J connectivity index is 1.71. The van der Waals surface area contributed by atoms with Crippen LogP contribution in [-0.4, -0.2) is 23.3 Å². The van der Waals surface area contributed by atoms with E-state index in [1.807, 2.05) is 0 Å². The summed E-state index contributed by atoms with van der Waals surface area (Å²) in [5.74, 6) is 0.510. The number of hydrogen-bond acceptors (Lipinski definition) is 4. The zero-order valence-corrected chi connectivity index (χ0v) is 10.8. The Bertz CT molecular complexity index is 494. The molecule has 2 aliphatic rings. The van der Waals surface area contributed by atoms with E-state index in [0.717, 1.165) is 31.4 Å². The van der Waals surface area contributed by atoms with Crippen molar-refractivity contribution in [3.63, 3.8) is 0 Å². The van der Waals surface area contributed by atoms with Gasteiger partial charge in [0, 0.05) is 13.0 Å². The van der Waals surface area contributed by atoms with Crippen molar-refractivity contribution in [1.82, 2.24) is 10.3 Å². The Hall–Kier alpha value is -1.43. The van der Waals surface area contributed by atoms with E-state index in [1.54, 1.807) is 0 Å². The van der Waals surface area contributed by atoms with E-state index < -0.39 is 0 Å². The molecule has 2 amide bonds. The highest BCUT2D eigenvalue weighted by molar-refractivity contribution is 7.17. The second-order valence-corrected chi connectivity index (χ2v) is 5.85. The summed E-state index contributed by atoms with van der Waals surface area (Å²) in [6, 6.07) is 0. The van der Waals surface area contributed by atoms with Gasteiger partial charge < -0.3 is 10.6 Å². The average molecular weight is 265 g/mol. The predicted molar refractivity (Wildman–Crippen MR) is 68.7 cm³/mol. The molecule has 1 aromatic rings. The van der Waals surface area contributed by atoms with Gasteiger partial charge in [0.2, 0.25) is 5.91 Å². The molecule has 0 saturated heterocycles. The van der Waals surface area contributed by atoms with E-state index in [-0.39, 0.29) is 11.8 Å². The number of nitrogens with zero attached hydrogens (tertiary/aromatic N) is 1. The zero-order valence-electron chi connectivity index (χ0n) is 9.99. The van der Waals surface area contributed by atoms with Crippen molar-refractivity contribution < 1.29 is 9.59 Å². The van der Waals surface area contributed by atoms with Crippen molar-refractivity contribution in [3.05, 3.63) is 10.6 Å². The first-order valence-corrected chi connectivity index (χ1v) is 7.12. The van der Waals surface area contributed by atoms with Gasteiger partial charge in [-0.2, -0.15) is 0 Å². The second kappa shape index (κ2) is 4.68. The Morgan fingerprint density at radius 3 is 3.11 bits per heavy atom. The van der Waals surface area contributed by atoms with Gasteiger partial charge in [-0.05, 0) is 31.6 Å². The van der Waals surface area contributed by atoms with E-state index in [1.165, 1.54) is 11.3 Å². The molecule has 1 aliphatic heterocycles. The van der Waals surface area contributed by atoms with Crippen LogP contribution in [0.15, 0.2) is 0 Å². The van der Waals surface area contributed by atoms with Crippen LogP contribution in [0.4, 0.5) is 5.13 Å². The van der Waals surface area contributed by atoms with Crippen LogP contribution in [-0.2, 0) is 11.2 Å². The molecule has 0 spiro atoms. The molecular formula is C12H15N3O2S. The van der Waals surface area contributed by atoms with Crippen LogP contribution in [0.3, 0.4) is 0 Å². The van der Waals surface area contributed by atoms with Crippen molar-refractivity contribution in [2.45, 2.75) is 32.1 Å². The predicted octanol–water partition coefficient (Wildman–Crippen LogP) is 1.56. The van der Waals surface area contributed by atoms with Crippen molar-refractivity contribution in [2.24, 2.45) is 5.92 Å². The van der Waals surface area contributed by atoms with Crippen LogP contribution in [0.1, 0.15) is 41.0 Å². The molecule has 0 unspecified atom stereocenters. The first kappa shape index (κ1) is 11.6. The zero-order chi connectivity index (χ0) is 12.5. The number of aryl methyl sites for hydroxylation is 1. The fourth-order valence-corrected chi connectivity index (χ4v) is 2.99. The summed E-state index contributed by atoms with van der Waals surface area (Å²) in [6.07, 6.45) is 4.59. The standard InChI is InChI=1S/C12H15N3O2S/c16-9(6-7-3-4-7)15-12-14-8-2-1-5-13-11(17)10(8)18-12/h7H,1-6H2,(H,13,17)(H,14,15,16). The average Bonchev–Trinajstić information content (AvgIpc) is 3.06. The lowest BCUT2D eigenvalue weighted by Gasteiger charge is -2.00. The third kappa shape index (κ3) is 2.53. The first-order valence-electron chi connectivity index (χ1n) is 6.30. The lowest BCUT2D eigenvalue weighted by Crippen LogP contribution is -2.21. The summed E-state index contributed by atoms with van der Waals surface area (Å²) >= 11 is 1.28. The molecule has 1 aromatic heterocycles. The van der Waals surface area contributed by atoms with E-state index in [4.69, 9.17) is 0 Å². The maximum atomic E-state index is 11.7. The number of aromatic nitrogens is 1. The quantitative estimate of drug-likeness (QED) is 0.871. The minimum atomic E-state index is -0.0670. The number of hydrogen-bond donors (Lipinski definition) is 2. The van der Waals surface area contributed by atoms with Gasteiger partial charge in [-0.25, -0.2) is 4.98 Å². The second-order valence-electron chi connectivity index (χ2n) is 4.85. The Kier molecular flexibility index (Phi) is 3.03. The summed E-state index contributed by atoms with van der Waals surface area (Å²) in [5, 5.41) is 6.19. The first-order chi connectivity index (χ1) is 8.72. The monoisotopic (exact) mass is 265 g/mol. The summed E-state index contributed by atoms with van der Waals surface area (Å²) in [6.45, 7) is 0.700. The number of anilines is 1. The van der Waals surface area contributed by atoms with Crippen molar-refractivity contribution in [1.29, 1.82) is 0 Å². The van der Waals surface area contributed by atoms with Gasteiger partial charge in [-0.3, -0.25) is 9.59 Å². The summed E-state index contributed by atoms with van der Waals surface area (Å²) in [7, 11) is 0. The maximum absolute atomic E-state index is 11.7. The number of carbonyl (C=O) groups is 2. The molecule has 0 atom stereocenters. The SMILES string of the molecule is O=C(CC1CC1)Nc1nc2c(s1)C(=O)NCCC2. The highest BCUT2D eigenvalue weighted by Gasteiger charge is 2.26. The maximum Gasteiger partial charge on any atom is 0.263 e. The van der Waals surface area contributed by atoms with Gasteiger partial charge in [0.05, 0.1) is 5.69 Å². The number of amides is 2. The van der Waals surface area contributed by atoms with E-state index in [2.05, 4.69) is 15.6 Å². The molecule has 0 aromatic carbocycles. The summed E-state index contributed by atoms with van der Waals surface area (Å²) < 4.78 is 0. The molecule has 0 bridgehead atoms. The van der Waals surface area contributed by atoms with Gasteiger partial charge >= 0.3 is 0 Å². The number of carbonyl (C=O) groups excluding carboxylic acids is 2. The minimum Gasteiger partial charge on any atom is -0.351 e. The van der Waals surface area contributed by atoms with Crippen LogP contribution < -0.4 is 10.6 Å². The molecule has 0 radical (unpaired) electrons. The molecule has 1 saturated carbocycles. The lowest BCUT2D eigenvalue weighted by atomic mass is 10.2. The van der Waals surface area contributed by atoms with Crippen LogP contribution in [0.5, 0.6) is 0 Å². The smallest absolute Gasteiger partial charge is 0.263 e. The number of thiazole rings is 1. The molecule has 6 heteroatoms. The van der Waals surface area contributed by atoms with Gasteiger partial charge in [0.15, 0.2) is 5.13 Å². The molecule has 2 N–H and O–H groups in total. The third-order valence-electron chi connectivity index (χ3n) is 3.20. The van der Waals surface area contributed by atoms with E-state index in [9.17, 15) is 9.59 Å². The van der Waals surface area contributed by atoms with Crippen LogP contribution in [0.2, 0.25) is 0 Å². The van der Waals surface area contributed by atoms with E-state index >= 15 is 0 Å². The van der Waals surface area contributed by atoms with Gasteiger partial charge in [-0.15, -0.1) is 0 Å². The molecule has 1 aliphatic carbocycles.